The van der Waals surface area contributed by atoms with E-state index in [9.17, 15) is 0 Å². The van der Waals surface area contributed by atoms with Gasteiger partial charge in [0.05, 0.1) is 0 Å². The smallest absolute Gasteiger partial charge is 0.146 e. The molecule has 0 amide bonds. The average molecular weight is 365 g/mol. The molecule has 0 aromatic heterocycles. The maximum absolute atomic E-state index is 5.53. The van der Waals surface area contributed by atoms with Crippen LogP contribution in [0.25, 0.3) is 0 Å². The Bertz CT molecular complexity index is 209. The topological polar surface area (TPSA) is 18.5 Å². The SMILES string of the molecule is CCCCCCOCOCCCC(C)CC(C)CC(C)Br. The van der Waals surface area contributed by atoms with Crippen molar-refractivity contribution in [1.29, 1.82) is 0 Å². The van der Waals surface area contributed by atoms with Crippen molar-refractivity contribution in [2.24, 2.45) is 11.8 Å². The lowest BCUT2D eigenvalue weighted by molar-refractivity contribution is -0.0561. The van der Waals surface area contributed by atoms with Crippen LogP contribution >= 0.6 is 15.9 Å². The summed E-state index contributed by atoms with van der Waals surface area (Å²) in [5.41, 5.74) is 0. The summed E-state index contributed by atoms with van der Waals surface area (Å²) in [6.07, 6.45) is 10.0. The van der Waals surface area contributed by atoms with Gasteiger partial charge in [0.25, 0.3) is 0 Å². The van der Waals surface area contributed by atoms with E-state index >= 15 is 0 Å². The first-order valence-corrected chi connectivity index (χ1v) is 9.77. The summed E-state index contributed by atoms with van der Waals surface area (Å²) >= 11 is 3.64. The third-order valence-electron chi connectivity index (χ3n) is 3.83. The highest BCUT2D eigenvalue weighted by molar-refractivity contribution is 9.09. The number of rotatable bonds is 15. The van der Waals surface area contributed by atoms with Crippen molar-refractivity contribution in [1.82, 2.24) is 0 Å². The molecule has 128 valence electrons. The Labute approximate surface area is 141 Å². The number of ether oxygens (including phenoxy) is 2. The number of alkyl halides is 1. The van der Waals surface area contributed by atoms with E-state index in [2.05, 4.69) is 43.6 Å². The van der Waals surface area contributed by atoms with Gasteiger partial charge < -0.3 is 9.47 Å². The molecule has 0 aliphatic rings. The molecule has 0 radical (unpaired) electrons. The second-order valence-corrected chi connectivity index (χ2v) is 8.16. The molecule has 3 heteroatoms. The minimum Gasteiger partial charge on any atom is -0.355 e. The van der Waals surface area contributed by atoms with Crippen LogP contribution in [-0.2, 0) is 9.47 Å². The molecule has 0 saturated carbocycles. The monoisotopic (exact) mass is 364 g/mol. The predicted octanol–water partition coefficient (Wildman–Crippen LogP) is 6.17. The van der Waals surface area contributed by atoms with Gasteiger partial charge in [-0.2, -0.15) is 0 Å². The van der Waals surface area contributed by atoms with Crippen molar-refractivity contribution in [3.63, 3.8) is 0 Å². The fraction of sp³-hybridized carbons (Fsp3) is 1.00. The van der Waals surface area contributed by atoms with E-state index in [-0.39, 0.29) is 0 Å². The van der Waals surface area contributed by atoms with Crippen LogP contribution in [-0.4, -0.2) is 24.8 Å². The fourth-order valence-electron chi connectivity index (χ4n) is 2.80. The highest BCUT2D eigenvalue weighted by Gasteiger charge is 2.10. The summed E-state index contributed by atoms with van der Waals surface area (Å²) in [4.78, 5) is 0.637. The van der Waals surface area contributed by atoms with Crippen molar-refractivity contribution in [3.05, 3.63) is 0 Å². The Kier molecular flexibility index (Phi) is 15.6. The van der Waals surface area contributed by atoms with E-state index in [0.29, 0.717) is 11.6 Å². The molecule has 3 unspecified atom stereocenters. The largest absolute Gasteiger partial charge is 0.355 e. The zero-order chi connectivity index (χ0) is 15.9. The first-order valence-electron chi connectivity index (χ1n) is 8.85. The average Bonchev–Trinajstić information content (AvgIpc) is 2.39. The summed E-state index contributed by atoms with van der Waals surface area (Å²) in [5, 5.41) is 0. The van der Waals surface area contributed by atoms with Gasteiger partial charge in [-0.15, -0.1) is 0 Å². The van der Waals surface area contributed by atoms with Crippen LogP contribution in [0.1, 0.15) is 79.1 Å². The summed E-state index contributed by atoms with van der Waals surface area (Å²) in [7, 11) is 0. The van der Waals surface area contributed by atoms with E-state index in [0.717, 1.165) is 37.9 Å². The molecule has 0 N–H and O–H groups in total. The van der Waals surface area contributed by atoms with Gasteiger partial charge in [0.1, 0.15) is 6.79 Å². The molecule has 0 aromatic rings. The first kappa shape index (κ1) is 21.4. The van der Waals surface area contributed by atoms with Gasteiger partial charge in [0.2, 0.25) is 0 Å². The predicted molar refractivity (Wildman–Crippen MR) is 96.1 cm³/mol. The molecule has 0 heterocycles. The van der Waals surface area contributed by atoms with E-state index in [1.807, 2.05) is 0 Å². The maximum atomic E-state index is 5.53. The molecule has 0 aromatic carbocycles. The second-order valence-electron chi connectivity index (χ2n) is 6.60. The van der Waals surface area contributed by atoms with Crippen molar-refractivity contribution in [2.45, 2.75) is 83.9 Å². The van der Waals surface area contributed by atoms with Gasteiger partial charge in [-0.05, 0) is 43.9 Å². The Hall–Kier alpha value is 0.400. The van der Waals surface area contributed by atoms with Crippen LogP contribution < -0.4 is 0 Å². The minimum absolute atomic E-state index is 0.470. The van der Waals surface area contributed by atoms with E-state index in [1.54, 1.807) is 0 Å². The van der Waals surface area contributed by atoms with E-state index in [4.69, 9.17) is 9.47 Å². The molecule has 0 aliphatic heterocycles. The number of halogens is 1. The number of hydrogen-bond donors (Lipinski definition) is 0. The Morgan fingerprint density at radius 2 is 1.48 bits per heavy atom. The zero-order valence-corrected chi connectivity index (χ0v) is 16.3. The van der Waals surface area contributed by atoms with Crippen molar-refractivity contribution >= 4 is 15.9 Å². The maximum Gasteiger partial charge on any atom is 0.146 e. The van der Waals surface area contributed by atoms with Crippen molar-refractivity contribution < 1.29 is 9.47 Å². The van der Waals surface area contributed by atoms with Gasteiger partial charge in [0.15, 0.2) is 0 Å². The quantitative estimate of drug-likeness (QED) is 0.196. The lowest BCUT2D eigenvalue weighted by Crippen LogP contribution is -2.09. The number of hydrogen-bond acceptors (Lipinski definition) is 2. The van der Waals surface area contributed by atoms with Crippen molar-refractivity contribution in [2.75, 3.05) is 20.0 Å². The Morgan fingerprint density at radius 1 is 0.810 bits per heavy atom. The standard InChI is InChI=1S/C18H37BrO2/c1-5-6-7-8-11-20-15-21-12-9-10-16(2)13-17(3)14-18(4)19/h16-18H,5-15H2,1-4H3. The Balaban J connectivity index is 3.26. The molecule has 0 fully saturated rings. The molecule has 2 nitrogen and oxygen atoms in total. The molecule has 3 atom stereocenters. The van der Waals surface area contributed by atoms with Gasteiger partial charge in [-0.3, -0.25) is 0 Å². The summed E-state index contributed by atoms with van der Waals surface area (Å²) in [6.45, 7) is 11.3. The summed E-state index contributed by atoms with van der Waals surface area (Å²) in [5.74, 6) is 1.60. The molecule has 0 rings (SSSR count). The van der Waals surface area contributed by atoms with Crippen molar-refractivity contribution in [3.8, 4) is 0 Å². The van der Waals surface area contributed by atoms with E-state index in [1.165, 1.54) is 38.5 Å². The van der Waals surface area contributed by atoms with Crippen LogP contribution in [0.15, 0.2) is 0 Å². The van der Waals surface area contributed by atoms with Crippen LogP contribution in [0.4, 0.5) is 0 Å². The molecule has 0 spiro atoms. The second kappa shape index (κ2) is 15.3. The molecular weight excluding hydrogens is 328 g/mol. The lowest BCUT2D eigenvalue weighted by Gasteiger charge is -2.18. The highest BCUT2D eigenvalue weighted by Crippen LogP contribution is 2.22. The third-order valence-corrected chi connectivity index (χ3v) is 4.20. The molecule has 0 aliphatic carbocycles. The van der Waals surface area contributed by atoms with E-state index < -0.39 is 0 Å². The summed E-state index contributed by atoms with van der Waals surface area (Å²) < 4.78 is 11.0. The highest BCUT2D eigenvalue weighted by atomic mass is 79.9. The lowest BCUT2D eigenvalue weighted by atomic mass is 9.91. The Morgan fingerprint density at radius 3 is 2.10 bits per heavy atom. The van der Waals surface area contributed by atoms with Gasteiger partial charge >= 0.3 is 0 Å². The van der Waals surface area contributed by atoms with Gasteiger partial charge in [-0.25, -0.2) is 0 Å². The number of unbranched alkanes of at least 4 members (excludes halogenated alkanes) is 3. The summed E-state index contributed by atoms with van der Waals surface area (Å²) in [6, 6.07) is 0. The minimum atomic E-state index is 0.470. The first-order chi connectivity index (χ1) is 10.1. The normalized spacial score (nSPS) is 15.9. The zero-order valence-electron chi connectivity index (χ0n) is 14.7. The van der Waals surface area contributed by atoms with Crippen LogP contribution in [0.3, 0.4) is 0 Å². The van der Waals surface area contributed by atoms with Crippen LogP contribution in [0, 0.1) is 11.8 Å². The molecule has 21 heavy (non-hydrogen) atoms. The fourth-order valence-corrected chi connectivity index (χ4v) is 3.44. The molecule has 0 bridgehead atoms. The molecule has 0 saturated heterocycles. The van der Waals surface area contributed by atoms with Gasteiger partial charge in [-0.1, -0.05) is 62.9 Å². The third kappa shape index (κ3) is 16.6. The van der Waals surface area contributed by atoms with Crippen LogP contribution in [0.2, 0.25) is 0 Å². The molecular formula is C18H37BrO2. The van der Waals surface area contributed by atoms with Crippen LogP contribution in [0.5, 0.6) is 0 Å². The van der Waals surface area contributed by atoms with Gasteiger partial charge in [0, 0.05) is 18.0 Å².